The van der Waals surface area contributed by atoms with E-state index in [2.05, 4.69) is 22.3 Å². The van der Waals surface area contributed by atoms with Crippen LogP contribution in [0, 0.1) is 0 Å². The smallest absolute Gasteiger partial charge is 0.243 e. The lowest BCUT2D eigenvalue weighted by Gasteiger charge is -2.28. The molecule has 0 unspecified atom stereocenters. The predicted octanol–water partition coefficient (Wildman–Crippen LogP) is 3.15. The highest BCUT2D eigenvalue weighted by atomic mass is 32.2. The number of nitrogens with zero attached hydrogens (tertiary/aromatic N) is 2. The van der Waals surface area contributed by atoms with E-state index in [9.17, 15) is 13.2 Å². The number of benzene rings is 2. The number of carbonyl (C=O) groups excluding carboxylic acids is 1. The second kappa shape index (κ2) is 10.8. The monoisotopic (exact) mass is 459 g/mol. The molecule has 0 aromatic heterocycles. The van der Waals surface area contributed by atoms with Crippen LogP contribution < -0.4 is 14.4 Å². The molecule has 1 aliphatic heterocycles. The van der Waals surface area contributed by atoms with E-state index >= 15 is 0 Å². The molecule has 1 atom stereocenters. The Bertz CT molecular complexity index is 1020. The van der Waals surface area contributed by atoms with Crippen LogP contribution in [-0.2, 0) is 27.9 Å². The van der Waals surface area contributed by atoms with Gasteiger partial charge in [-0.1, -0.05) is 36.8 Å². The van der Waals surface area contributed by atoms with E-state index in [0.717, 1.165) is 35.8 Å². The SMILES string of the molecule is COc1cccc(N([C@@H](C)C(=O)NCc2cccc(CN3CCCCC3)c2)S(C)(=O)=O)c1. The van der Waals surface area contributed by atoms with E-state index in [1.807, 2.05) is 12.1 Å². The van der Waals surface area contributed by atoms with Crippen molar-refractivity contribution in [2.75, 3.05) is 30.8 Å². The van der Waals surface area contributed by atoms with E-state index in [4.69, 9.17) is 4.74 Å². The average molecular weight is 460 g/mol. The van der Waals surface area contributed by atoms with Crippen LogP contribution in [0.4, 0.5) is 5.69 Å². The molecular formula is C24H33N3O4S. The van der Waals surface area contributed by atoms with Gasteiger partial charge in [-0.2, -0.15) is 0 Å². The van der Waals surface area contributed by atoms with Gasteiger partial charge in [0, 0.05) is 19.2 Å². The summed E-state index contributed by atoms with van der Waals surface area (Å²) in [4.78, 5) is 15.3. The molecular weight excluding hydrogens is 426 g/mol. The molecule has 1 fully saturated rings. The van der Waals surface area contributed by atoms with E-state index in [1.165, 1.54) is 31.9 Å². The summed E-state index contributed by atoms with van der Waals surface area (Å²) < 4.78 is 31.3. The molecule has 174 valence electrons. The number of hydrogen-bond donors (Lipinski definition) is 1. The maximum absolute atomic E-state index is 12.9. The molecule has 1 N–H and O–H groups in total. The summed E-state index contributed by atoms with van der Waals surface area (Å²) in [5, 5.41) is 2.89. The molecule has 32 heavy (non-hydrogen) atoms. The Morgan fingerprint density at radius 2 is 1.78 bits per heavy atom. The molecule has 0 spiro atoms. The minimum absolute atomic E-state index is 0.340. The number of carbonyl (C=O) groups is 1. The Morgan fingerprint density at radius 3 is 2.47 bits per heavy atom. The number of nitrogens with one attached hydrogen (secondary N) is 1. The Balaban J connectivity index is 1.66. The van der Waals surface area contributed by atoms with Gasteiger partial charge in [-0.25, -0.2) is 8.42 Å². The number of ether oxygens (including phenoxy) is 1. The van der Waals surface area contributed by atoms with Crippen molar-refractivity contribution in [3.63, 3.8) is 0 Å². The Hall–Kier alpha value is -2.58. The molecule has 2 aromatic carbocycles. The molecule has 2 aromatic rings. The molecule has 0 bridgehead atoms. The van der Waals surface area contributed by atoms with Gasteiger partial charge in [0.15, 0.2) is 0 Å². The summed E-state index contributed by atoms with van der Waals surface area (Å²) in [6.07, 6.45) is 4.90. The largest absolute Gasteiger partial charge is 0.497 e. The quantitative estimate of drug-likeness (QED) is 0.623. The maximum Gasteiger partial charge on any atom is 0.243 e. The van der Waals surface area contributed by atoms with Crippen LogP contribution in [0.3, 0.4) is 0 Å². The number of hydrogen-bond acceptors (Lipinski definition) is 5. The highest BCUT2D eigenvalue weighted by Gasteiger charge is 2.29. The van der Waals surface area contributed by atoms with E-state index in [0.29, 0.717) is 18.0 Å². The van der Waals surface area contributed by atoms with Crippen LogP contribution in [-0.4, -0.2) is 51.7 Å². The number of amides is 1. The average Bonchev–Trinajstić information content (AvgIpc) is 2.77. The van der Waals surface area contributed by atoms with Gasteiger partial charge in [0.2, 0.25) is 15.9 Å². The summed E-state index contributed by atoms with van der Waals surface area (Å²) in [6, 6.07) is 14.0. The van der Waals surface area contributed by atoms with Crippen molar-refractivity contribution in [1.82, 2.24) is 10.2 Å². The zero-order valence-corrected chi connectivity index (χ0v) is 19.9. The number of anilines is 1. The minimum Gasteiger partial charge on any atom is -0.497 e. The zero-order chi connectivity index (χ0) is 23.1. The van der Waals surface area contributed by atoms with Gasteiger partial charge in [-0.3, -0.25) is 14.0 Å². The van der Waals surface area contributed by atoms with E-state index < -0.39 is 16.1 Å². The molecule has 1 saturated heterocycles. The van der Waals surface area contributed by atoms with Gasteiger partial charge in [0.1, 0.15) is 11.8 Å². The summed E-state index contributed by atoms with van der Waals surface area (Å²) in [6.45, 7) is 5.10. The third-order valence-corrected chi connectivity index (χ3v) is 6.95. The topological polar surface area (TPSA) is 79.0 Å². The van der Waals surface area contributed by atoms with E-state index in [-0.39, 0.29) is 5.91 Å². The first-order valence-corrected chi connectivity index (χ1v) is 12.8. The van der Waals surface area contributed by atoms with Gasteiger partial charge < -0.3 is 10.1 Å². The van der Waals surface area contributed by atoms with Gasteiger partial charge in [0.05, 0.1) is 19.1 Å². The number of methoxy groups -OCH3 is 1. The van der Waals surface area contributed by atoms with Crippen molar-refractivity contribution in [2.24, 2.45) is 0 Å². The highest BCUT2D eigenvalue weighted by Crippen LogP contribution is 2.25. The maximum atomic E-state index is 12.9. The van der Waals surface area contributed by atoms with Crippen molar-refractivity contribution in [1.29, 1.82) is 0 Å². The Labute approximate surface area is 191 Å². The first-order chi connectivity index (χ1) is 15.3. The van der Waals surface area contributed by atoms with Crippen molar-refractivity contribution >= 4 is 21.6 Å². The fourth-order valence-corrected chi connectivity index (χ4v) is 5.27. The van der Waals surface area contributed by atoms with Crippen LogP contribution in [0.25, 0.3) is 0 Å². The normalized spacial score (nSPS) is 15.7. The van der Waals surface area contributed by atoms with Gasteiger partial charge in [0.25, 0.3) is 0 Å². The molecule has 0 aliphatic carbocycles. The van der Waals surface area contributed by atoms with Crippen LogP contribution in [0.2, 0.25) is 0 Å². The minimum atomic E-state index is -3.68. The molecule has 3 rings (SSSR count). The molecule has 0 saturated carbocycles. The fraction of sp³-hybridized carbons (Fsp3) is 0.458. The second-order valence-electron chi connectivity index (χ2n) is 8.31. The lowest BCUT2D eigenvalue weighted by Crippen LogP contribution is -2.47. The summed E-state index contributed by atoms with van der Waals surface area (Å²) >= 11 is 0. The number of sulfonamides is 1. The first kappa shape index (κ1) is 24.1. The number of rotatable bonds is 9. The van der Waals surface area contributed by atoms with Crippen LogP contribution in [0.1, 0.15) is 37.3 Å². The summed E-state index contributed by atoms with van der Waals surface area (Å²) in [5.74, 6) is 0.161. The van der Waals surface area contributed by atoms with Crippen LogP contribution in [0.5, 0.6) is 5.75 Å². The van der Waals surface area contributed by atoms with Crippen LogP contribution >= 0.6 is 0 Å². The molecule has 1 aliphatic rings. The lowest BCUT2D eigenvalue weighted by atomic mass is 10.1. The highest BCUT2D eigenvalue weighted by molar-refractivity contribution is 7.92. The summed E-state index contributed by atoms with van der Waals surface area (Å²) in [5.41, 5.74) is 2.60. The molecule has 1 amide bonds. The predicted molar refractivity (Wildman–Crippen MR) is 127 cm³/mol. The van der Waals surface area contributed by atoms with Crippen molar-refractivity contribution in [3.8, 4) is 5.75 Å². The van der Waals surface area contributed by atoms with E-state index in [1.54, 1.807) is 31.2 Å². The molecule has 8 heteroatoms. The van der Waals surface area contributed by atoms with Crippen molar-refractivity contribution < 1.29 is 17.9 Å². The third kappa shape index (κ3) is 6.46. The standard InChI is InChI=1S/C24H33N3O4S/c1-19(27(32(3,29)30)22-11-8-12-23(16-22)31-2)24(28)25-17-20-9-7-10-21(15-20)18-26-13-5-4-6-14-26/h7-12,15-16,19H,4-6,13-14,17-18H2,1-3H3,(H,25,28)/t19-/m0/s1. The summed E-state index contributed by atoms with van der Waals surface area (Å²) in [7, 11) is -2.17. The van der Waals surface area contributed by atoms with Gasteiger partial charge in [-0.15, -0.1) is 0 Å². The lowest BCUT2D eigenvalue weighted by molar-refractivity contribution is -0.122. The second-order valence-corrected chi connectivity index (χ2v) is 10.2. The Kier molecular flexibility index (Phi) is 8.15. The van der Waals surface area contributed by atoms with Crippen LogP contribution in [0.15, 0.2) is 48.5 Å². The van der Waals surface area contributed by atoms with Gasteiger partial charge in [-0.05, 0) is 56.1 Å². The van der Waals surface area contributed by atoms with Gasteiger partial charge >= 0.3 is 0 Å². The molecule has 0 radical (unpaired) electrons. The molecule has 1 heterocycles. The molecule has 7 nitrogen and oxygen atoms in total. The Morgan fingerprint density at radius 1 is 1.09 bits per heavy atom. The first-order valence-electron chi connectivity index (χ1n) is 11.0. The zero-order valence-electron chi connectivity index (χ0n) is 19.1. The third-order valence-electron chi connectivity index (χ3n) is 5.71. The van der Waals surface area contributed by atoms with Crippen molar-refractivity contribution in [3.05, 3.63) is 59.7 Å². The number of likely N-dealkylation sites (tertiary alicyclic amines) is 1. The fourth-order valence-electron chi connectivity index (χ4n) is 4.11. The van der Waals surface area contributed by atoms with Crippen molar-refractivity contribution in [2.45, 2.75) is 45.3 Å². The number of piperidine rings is 1.